The quantitative estimate of drug-likeness (QED) is 0.757. The molecule has 0 aliphatic rings. The van der Waals surface area contributed by atoms with E-state index in [0.29, 0.717) is 6.54 Å². The van der Waals surface area contributed by atoms with Gasteiger partial charge in [-0.05, 0) is 27.8 Å². The Morgan fingerprint density at radius 3 is 2.75 bits per heavy atom. The van der Waals surface area contributed by atoms with Crippen LogP contribution in [0.25, 0.3) is 6.08 Å². The third kappa shape index (κ3) is 2.30. The van der Waals surface area contributed by atoms with Crippen LogP contribution in [0.2, 0.25) is 0 Å². The largest absolute Gasteiger partial charge is 0.216 e. The van der Waals surface area contributed by atoms with Crippen molar-refractivity contribution < 1.29 is 0 Å². The van der Waals surface area contributed by atoms with Gasteiger partial charge < -0.3 is 0 Å². The monoisotopic (exact) mass is 232 g/mol. The van der Waals surface area contributed by atoms with Crippen LogP contribution in [0.5, 0.6) is 0 Å². The van der Waals surface area contributed by atoms with Gasteiger partial charge in [0.25, 0.3) is 0 Å². The fraction of sp³-hybridized carbons (Fsp3) is 0.182. The van der Waals surface area contributed by atoms with Gasteiger partial charge in [0.1, 0.15) is 0 Å². The van der Waals surface area contributed by atoms with Crippen molar-refractivity contribution in [3.63, 3.8) is 0 Å². The fourth-order valence-corrected chi connectivity index (χ4v) is 1.80. The Balaban J connectivity index is 2.17. The number of hydrogen-bond donors (Lipinski definition) is 0. The molecule has 4 nitrogen and oxygen atoms in total. The van der Waals surface area contributed by atoms with E-state index in [-0.39, 0.29) is 0 Å². The van der Waals surface area contributed by atoms with Crippen molar-refractivity contribution in [1.82, 2.24) is 20.2 Å². The molecule has 0 saturated carbocycles. The highest BCUT2D eigenvalue weighted by Gasteiger charge is 2.04. The number of thioether (sulfide) groups is 1. The van der Waals surface area contributed by atoms with E-state index in [2.05, 4.69) is 34.2 Å². The summed E-state index contributed by atoms with van der Waals surface area (Å²) in [6.07, 6.45) is 3.79. The summed E-state index contributed by atoms with van der Waals surface area (Å²) in [6, 6.07) is 8.18. The van der Waals surface area contributed by atoms with Gasteiger partial charge in [-0.3, -0.25) is 0 Å². The van der Waals surface area contributed by atoms with Gasteiger partial charge in [-0.2, -0.15) is 0 Å². The van der Waals surface area contributed by atoms with Crippen LogP contribution in [0.4, 0.5) is 0 Å². The van der Waals surface area contributed by atoms with Crippen LogP contribution in [0.15, 0.2) is 36.0 Å². The Kier molecular flexibility index (Phi) is 3.36. The molecule has 16 heavy (non-hydrogen) atoms. The standard InChI is InChI=1S/C11H12N4S/c1-3-9-4-6-10(7-5-9)8-15-11(16-2)12-13-14-15/h3-7H,1,8H2,2H3. The summed E-state index contributed by atoms with van der Waals surface area (Å²) in [7, 11) is 0. The Labute approximate surface area is 98.4 Å². The molecule has 0 bridgehead atoms. The molecule has 0 saturated heterocycles. The number of tetrazole rings is 1. The molecule has 1 heterocycles. The maximum atomic E-state index is 3.94. The zero-order valence-corrected chi connectivity index (χ0v) is 9.81. The predicted molar refractivity (Wildman–Crippen MR) is 65.2 cm³/mol. The van der Waals surface area contributed by atoms with Gasteiger partial charge in [-0.25, -0.2) is 4.68 Å². The molecule has 0 aliphatic carbocycles. The third-order valence-electron chi connectivity index (χ3n) is 2.23. The molecule has 0 spiro atoms. The molecule has 0 N–H and O–H groups in total. The fourth-order valence-electron chi connectivity index (χ4n) is 1.37. The van der Waals surface area contributed by atoms with Crippen molar-refractivity contribution in [3.05, 3.63) is 42.0 Å². The van der Waals surface area contributed by atoms with Crippen LogP contribution in [0.1, 0.15) is 11.1 Å². The molecule has 0 amide bonds. The van der Waals surface area contributed by atoms with E-state index >= 15 is 0 Å². The zero-order chi connectivity index (χ0) is 11.4. The Morgan fingerprint density at radius 2 is 2.12 bits per heavy atom. The molecular weight excluding hydrogens is 220 g/mol. The summed E-state index contributed by atoms with van der Waals surface area (Å²) < 4.78 is 1.79. The maximum absolute atomic E-state index is 3.94. The molecule has 2 rings (SSSR count). The molecule has 2 aromatic rings. The first kappa shape index (κ1) is 10.9. The molecule has 0 aliphatic heterocycles. The van der Waals surface area contributed by atoms with Crippen molar-refractivity contribution in [2.75, 3.05) is 6.26 Å². The molecule has 1 aromatic heterocycles. The topological polar surface area (TPSA) is 43.6 Å². The average Bonchev–Trinajstić information content (AvgIpc) is 2.77. The van der Waals surface area contributed by atoms with Crippen LogP contribution < -0.4 is 0 Å². The minimum Gasteiger partial charge on any atom is -0.216 e. The van der Waals surface area contributed by atoms with Gasteiger partial charge in [0.15, 0.2) is 0 Å². The SMILES string of the molecule is C=Cc1ccc(Cn2nnnc2SC)cc1. The molecule has 0 radical (unpaired) electrons. The lowest BCUT2D eigenvalue weighted by Gasteiger charge is -2.03. The Morgan fingerprint density at radius 1 is 1.38 bits per heavy atom. The second kappa shape index (κ2) is 4.94. The Hall–Kier alpha value is -1.62. The summed E-state index contributed by atoms with van der Waals surface area (Å²) >= 11 is 1.54. The van der Waals surface area contributed by atoms with E-state index in [1.54, 1.807) is 4.68 Å². The van der Waals surface area contributed by atoms with Crippen LogP contribution in [-0.4, -0.2) is 26.5 Å². The van der Waals surface area contributed by atoms with Gasteiger partial charge >= 0.3 is 0 Å². The van der Waals surface area contributed by atoms with Gasteiger partial charge in [0.05, 0.1) is 6.54 Å². The summed E-state index contributed by atoms with van der Waals surface area (Å²) in [4.78, 5) is 0. The lowest BCUT2D eigenvalue weighted by molar-refractivity contribution is 0.603. The molecule has 0 unspecified atom stereocenters. The van der Waals surface area contributed by atoms with E-state index in [1.165, 1.54) is 17.3 Å². The zero-order valence-electron chi connectivity index (χ0n) is 9.00. The highest BCUT2D eigenvalue weighted by Crippen LogP contribution is 2.12. The summed E-state index contributed by atoms with van der Waals surface area (Å²) in [6.45, 7) is 4.42. The minimum absolute atomic E-state index is 0.695. The second-order valence-electron chi connectivity index (χ2n) is 3.27. The van der Waals surface area contributed by atoms with Crippen molar-refractivity contribution in [3.8, 4) is 0 Å². The number of nitrogens with zero attached hydrogens (tertiary/aromatic N) is 4. The molecule has 5 heteroatoms. The number of rotatable bonds is 4. The van der Waals surface area contributed by atoms with Crippen LogP contribution in [-0.2, 0) is 6.54 Å². The molecule has 0 atom stereocenters. The number of benzene rings is 1. The molecule has 82 valence electrons. The lowest BCUT2D eigenvalue weighted by atomic mass is 10.1. The summed E-state index contributed by atoms with van der Waals surface area (Å²) in [5.74, 6) is 0. The van der Waals surface area contributed by atoms with Gasteiger partial charge in [-0.15, -0.1) is 5.10 Å². The van der Waals surface area contributed by atoms with Gasteiger partial charge in [-0.1, -0.05) is 48.7 Å². The van der Waals surface area contributed by atoms with Crippen LogP contribution in [0.3, 0.4) is 0 Å². The normalized spacial score (nSPS) is 10.3. The van der Waals surface area contributed by atoms with E-state index in [9.17, 15) is 0 Å². The minimum atomic E-state index is 0.695. The predicted octanol–water partition coefficient (Wildman–Crippen LogP) is 2.09. The van der Waals surface area contributed by atoms with E-state index < -0.39 is 0 Å². The first-order chi connectivity index (χ1) is 7.83. The molecule has 1 aromatic carbocycles. The van der Waals surface area contributed by atoms with Gasteiger partial charge in [0.2, 0.25) is 5.16 Å². The van der Waals surface area contributed by atoms with E-state index in [4.69, 9.17) is 0 Å². The number of aromatic nitrogens is 4. The highest BCUT2D eigenvalue weighted by atomic mass is 32.2. The first-order valence-corrected chi connectivity index (χ1v) is 6.07. The van der Waals surface area contributed by atoms with Crippen LogP contribution >= 0.6 is 11.8 Å². The van der Waals surface area contributed by atoms with Crippen molar-refractivity contribution in [2.24, 2.45) is 0 Å². The van der Waals surface area contributed by atoms with Crippen molar-refractivity contribution >= 4 is 17.8 Å². The summed E-state index contributed by atoms with van der Waals surface area (Å²) in [5.41, 5.74) is 2.29. The maximum Gasteiger partial charge on any atom is 0.209 e. The van der Waals surface area contributed by atoms with E-state index in [0.717, 1.165) is 10.7 Å². The first-order valence-electron chi connectivity index (χ1n) is 4.85. The smallest absolute Gasteiger partial charge is 0.209 e. The number of hydrogen-bond acceptors (Lipinski definition) is 4. The van der Waals surface area contributed by atoms with E-state index in [1.807, 2.05) is 24.5 Å². The van der Waals surface area contributed by atoms with Crippen molar-refractivity contribution in [2.45, 2.75) is 11.7 Å². The molecular formula is C11H12N4S. The summed E-state index contributed by atoms with van der Waals surface area (Å²) in [5, 5.41) is 12.3. The second-order valence-corrected chi connectivity index (χ2v) is 4.04. The average molecular weight is 232 g/mol. The Bertz CT molecular complexity index is 475. The third-order valence-corrected chi connectivity index (χ3v) is 2.89. The highest BCUT2D eigenvalue weighted by molar-refractivity contribution is 7.98. The van der Waals surface area contributed by atoms with Crippen LogP contribution in [0, 0.1) is 0 Å². The van der Waals surface area contributed by atoms with Crippen molar-refractivity contribution in [1.29, 1.82) is 0 Å². The lowest BCUT2D eigenvalue weighted by Crippen LogP contribution is -2.03. The van der Waals surface area contributed by atoms with Gasteiger partial charge in [0, 0.05) is 0 Å². The molecule has 0 fully saturated rings.